The van der Waals surface area contributed by atoms with Crippen LogP contribution in [0.3, 0.4) is 0 Å². The summed E-state index contributed by atoms with van der Waals surface area (Å²) in [5, 5.41) is 9.39. The molecule has 0 bridgehead atoms. The Balaban J connectivity index is 2.39. The zero-order valence-corrected chi connectivity index (χ0v) is 13.1. The maximum atomic E-state index is 12.8. The number of hydrogen-bond donors (Lipinski definition) is 1. The van der Waals surface area contributed by atoms with Gasteiger partial charge in [-0.15, -0.1) is 0 Å². The average Bonchev–Trinajstić information content (AvgIpc) is 2.79. The predicted molar refractivity (Wildman–Crippen MR) is 81.4 cm³/mol. The first-order valence-corrected chi connectivity index (χ1v) is 7.36. The summed E-state index contributed by atoms with van der Waals surface area (Å²) < 4.78 is 0. The van der Waals surface area contributed by atoms with Crippen molar-refractivity contribution >= 4 is 11.9 Å². The van der Waals surface area contributed by atoms with E-state index in [4.69, 9.17) is 0 Å². The van der Waals surface area contributed by atoms with Crippen LogP contribution in [0.2, 0.25) is 0 Å². The third-order valence-corrected chi connectivity index (χ3v) is 4.18. The van der Waals surface area contributed by atoms with Crippen LogP contribution in [-0.2, 0) is 10.2 Å². The van der Waals surface area contributed by atoms with Crippen molar-refractivity contribution in [2.75, 3.05) is 6.54 Å². The lowest BCUT2D eigenvalue weighted by atomic mass is 9.83. The third kappa shape index (κ3) is 2.94. The van der Waals surface area contributed by atoms with E-state index in [0.717, 1.165) is 12.0 Å². The van der Waals surface area contributed by atoms with Gasteiger partial charge in [0.05, 0.1) is 0 Å². The molecule has 4 nitrogen and oxygen atoms in total. The molecule has 1 aromatic carbocycles. The monoisotopic (exact) mass is 289 g/mol. The predicted octanol–water partition coefficient (Wildman–Crippen LogP) is 2.92. The van der Waals surface area contributed by atoms with Crippen LogP contribution in [0.1, 0.15) is 50.0 Å². The second-order valence-electron chi connectivity index (χ2n) is 6.84. The van der Waals surface area contributed by atoms with Gasteiger partial charge in [-0.2, -0.15) is 0 Å². The van der Waals surface area contributed by atoms with Gasteiger partial charge in [0, 0.05) is 12.1 Å². The van der Waals surface area contributed by atoms with Gasteiger partial charge in [0.2, 0.25) is 0 Å². The van der Waals surface area contributed by atoms with E-state index in [9.17, 15) is 14.7 Å². The fourth-order valence-corrected chi connectivity index (χ4v) is 3.03. The van der Waals surface area contributed by atoms with Crippen molar-refractivity contribution in [2.24, 2.45) is 5.92 Å². The van der Waals surface area contributed by atoms with Crippen molar-refractivity contribution in [2.45, 2.75) is 45.6 Å². The molecule has 21 heavy (non-hydrogen) atoms. The molecule has 1 saturated heterocycles. The molecule has 1 aromatic rings. The first-order valence-electron chi connectivity index (χ1n) is 7.36. The molecule has 1 fully saturated rings. The van der Waals surface area contributed by atoms with Crippen LogP contribution in [0, 0.1) is 5.92 Å². The average molecular weight is 289 g/mol. The number of carboxylic acids is 1. The van der Waals surface area contributed by atoms with Gasteiger partial charge in [-0.25, -0.2) is 4.79 Å². The normalized spacial score (nSPS) is 22.4. The van der Waals surface area contributed by atoms with Crippen molar-refractivity contribution in [3.8, 4) is 0 Å². The Labute approximate surface area is 125 Å². The van der Waals surface area contributed by atoms with E-state index < -0.39 is 12.0 Å². The van der Waals surface area contributed by atoms with E-state index in [1.54, 1.807) is 6.07 Å². The number of likely N-dealkylation sites (tertiary alicyclic amines) is 1. The first-order chi connectivity index (χ1) is 9.73. The molecular formula is C17H23NO3. The number of amides is 1. The van der Waals surface area contributed by atoms with E-state index in [1.165, 1.54) is 4.90 Å². The van der Waals surface area contributed by atoms with Gasteiger partial charge in [0.25, 0.3) is 5.91 Å². The van der Waals surface area contributed by atoms with Gasteiger partial charge in [0.1, 0.15) is 6.04 Å². The minimum atomic E-state index is -0.915. The lowest BCUT2D eigenvalue weighted by Gasteiger charge is -2.27. The standard InChI is InChI=1S/C17H23NO3/c1-11-9-10-18(14(11)16(20)21)15(19)12-7-5-6-8-13(12)17(2,3)4/h5-8,11,14H,9-10H2,1-4H3,(H,20,21). The van der Waals surface area contributed by atoms with E-state index in [-0.39, 0.29) is 17.2 Å². The number of rotatable bonds is 2. The molecule has 0 aliphatic carbocycles. The fourth-order valence-electron chi connectivity index (χ4n) is 3.03. The summed E-state index contributed by atoms with van der Waals surface area (Å²) in [6.07, 6.45) is 0.736. The summed E-state index contributed by atoms with van der Waals surface area (Å²) in [4.78, 5) is 25.8. The molecule has 2 rings (SSSR count). The quantitative estimate of drug-likeness (QED) is 0.910. The molecule has 1 aliphatic heterocycles. The Morgan fingerprint density at radius 3 is 2.43 bits per heavy atom. The van der Waals surface area contributed by atoms with Crippen LogP contribution in [0.4, 0.5) is 0 Å². The third-order valence-electron chi connectivity index (χ3n) is 4.18. The molecule has 1 N–H and O–H groups in total. The summed E-state index contributed by atoms with van der Waals surface area (Å²) in [5.41, 5.74) is 1.42. The number of carboxylic acid groups (broad SMARTS) is 1. The van der Waals surface area contributed by atoms with E-state index >= 15 is 0 Å². The fraction of sp³-hybridized carbons (Fsp3) is 0.529. The number of hydrogen-bond acceptors (Lipinski definition) is 2. The second-order valence-corrected chi connectivity index (χ2v) is 6.84. The maximum absolute atomic E-state index is 12.8. The molecule has 1 amide bonds. The Morgan fingerprint density at radius 1 is 1.24 bits per heavy atom. The van der Waals surface area contributed by atoms with Crippen molar-refractivity contribution in [1.29, 1.82) is 0 Å². The van der Waals surface area contributed by atoms with Crippen LogP contribution in [0.25, 0.3) is 0 Å². The van der Waals surface area contributed by atoms with Crippen LogP contribution in [-0.4, -0.2) is 34.5 Å². The van der Waals surface area contributed by atoms with Crippen molar-refractivity contribution in [3.63, 3.8) is 0 Å². The second kappa shape index (κ2) is 5.51. The molecule has 0 aromatic heterocycles. The van der Waals surface area contributed by atoms with Crippen molar-refractivity contribution in [1.82, 2.24) is 4.90 Å². The Morgan fingerprint density at radius 2 is 1.86 bits per heavy atom. The van der Waals surface area contributed by atoms with Crippen LogP contribution >= 0.6 is 0 Å². The van der Waals surface area contributed by atoms with Gasteiger partial charge in [0.15, 0.2) is 0 Å². The summed E-state index contributed by atoms with van der Waals surface area (Å²) in [7, 11) is 0. The molecule has 1 heterocycles. The Bertz CT molecular complexity index is 559. The van der Waals surface area contributed by atoms with Gasteiger partial charge in [-0.05, 0) is 29.4 Å². The molecule has 2 unspecified atom stereocenters. The van der Waals surface area contributed by atoms with Gasteiger partial charge < -0.3 is 10.0 Å². The van der Waals surface area contributed by atoms with Gasteiger partial charge >= 0.3 is 5.97 Å². The summed E-state index contributed by atoms with van der Waals surface area (Å²) in [6.45, 7) is 8.57. The zero-order valence-electron chi connectivity index (χ0n) is 13.1. The topological polar surface area (TPSA) is 57.6 Å². The number of nitrogens with zero attached hydrogens (tertiary/aromatic N) is 1. The summed E-state index contributed by atoms with van der Waals surface area (Å²) in [5.74, 6) is -1.09. The molecule has 4 heteroatoms. The SMILES string of the molecule is CC1CCN(C(=O)c2ccccc2C(C)(C)C)C1C(=O)O. The van der Waals surface area contributed by atoms with E-state index in [0.29, 0.717) is 12.1 Å². The van der Waals surface area contributed by atoms with E-state index in [2.05, 4.69) is 20.8 Å². The Hall–Kier alpha value is -1.84. The highest BCUT2D eigenvalue weighted by molar-refractivity contribution is 5.98. The smallest absolute Gasteiger partial charge is 0.326 e. The minimum Gasteiger partial charge on any atom is -0.480 e. The van der Waals surface area contributed by atoms with Crippen LogP contribution in [0.5, 0.6) is 0 Å². The molecular weight excluding hydrogens is 266 g/mol. The van der Waals surface area contributed by atoms with E-state index in [1.807, 2.05) is 25.1 Å². The van der Waals surface area contributed by atoms with Gasteiger partial charge in [-0.1, -0.05) is 45.9 Å². The number of carbonyl (C=O) groups excluding carboxylic acids is 1. The lowest BCUT2D eigenvalue weighted by Crippen LogP contribution is -2.43. The molecule has 0 radical (unpaired) electrons. The van der Waals surface area contributed by atoms with Crippen LogP contribution in [0.15, 0.2) is 24.3 Å². The van der Waals surface area contributed by atoms with Crippen LogP contribution < -0.4 is 0 Å². The highest BCUT2D eigenvalue weighted by Gasteiger charge is 2.40. The molecule has 2 atom stereocenters. The molecule has 114 valence electrons. The largest absolute Gasteiger partial charge is 0.480 e. The van der Waals surface area contributed by atoms with Crippen molar-refractivity contribution in [3.05, 3.63) is 35.4 Å². The highest BCUT2D eigenvalue weighted by Crippen LogP contribution is 2.30. The zero-order chi connectivity index (χ0) is 15.8. The number of benzene rings is 1. The highest BCUT2D eigenvalue weighted by atomic mass is 16.4. The molecule has 1 aliphatic rings. The first kappa shape index (κ1) is 15.5. The number of carbonyl (C=O) groups is 2. The molecule has 0 spiro atoms. The minimum absolute atomic E-state index is 0.00625. The summed E-state index contributed by atoms with van der Waals surface area (Å²) in [6, 6.07) is 6.77. The molecule has 0 saturated carbocycles. The lowest BCUT2D eigenvalue weighted by molar-refractivity contribution is -0.142. The maximum Gasteiger partial charge on any atom is 0.326 e. The number of aliphatic carboxylic acids is 1. The van der Waals surface area contributed by atoms with Crippen molar-refractivity contribution < 1.29 is 14.7 Å². The Kier molecular flexibility index (Phi) is 4.08. The summed E-state index contributed by atoms with van der Waals surface area (Å²) >= 11 is 0. The van der Waals surface area contributed by atoms with Gasteiger partial charge in [-0.3, -0.25) is 4.79 Å².